The summed E-state index contributed by atoms with van der Waals surface area (Å²) < 4.78 is 51.2. The highest BCUT2D eigenvalue weighted by atomic mass is 127. The Balaban J connectivity index is 3.14. The van der Waals surface area contributed by atoms with Gasteiger partial charge in [0, 0.05) is 12.1 Å². The lowest BCUT2D eigenvalue weighted by Gasteiger charge is -2.04. The van der Waals surface area contributed by atoms with Gasteiger partial charge in [0.05, 0.1) is 9.83 Å². The molecule has 0 saturated heterocycles. The van der Waals surface area contributed by atoms with E-state index in [0.717, 1.165) is 18.4 Å². The van der Waals surface area contributed by atoms with Crippen molar-refractivity contribution >= 4 is 32.7 Å². The van der Waals surface area contributed by atoms with Crippen LogP contribution in [0, 0.1) is 15.2 Å². The van der Waals surface area contributed by atoms with Crippen molar-refractivity contribution < 1.29 is 21.4 Å². The largest absolute Gasteiger partial charge is 0.382 e. The maximum Gasteiger partial charge on any atom is 0.306 e. The predicted octanol–water partition coefficient (Wildman–Crippen LogP) is 1.91. The summed E-state index contributed by atoms with van der Waals surface area (Å²) in [6.07, 6.45) is 0.792. The maximum absolute atomic E-state index is 12.9. The van der Waals surface area contributed by atoms with Gasteiger partial charge in [0.1, 0.15) is 17.4 Å². The highest BCUT2D eigenvalue weighted by Crippen LogP contribution is 2.22. The normalized spacial score (nSPS) is 11.4. The second-order valence-electron chi connectivity index (χ2n) is 2.49. The van der Waals surface area contributed by atoms with E-state index in [2.05, 4.69) is 4.18 Å². The van der Waals surface area contributed by atoms with Gasteiger partial charge in [-0.25, -0.2) is 8.78 Å². The second-order valence-corrected chi connectivity index (χ2v) is 5.14. The highest BCUT2D eigenvalue weighted by molar-refractivity contribution is 14.1. The average Bonchev–Trinajstić information content (AvgIpc) is 1.96. The Morgan fingerprint density at radius 1 is 1.29 bits per heavy atom. The fraction of sp³-hybridized carbons (Fsp3) is 0.143. The summed E-state index contributed by atoms with van der Waals surface area (Å²) in [7, 11) is -3.76. The minimum Gasteiger partial charge on any atom is -0.382 e. The highest BCUT2D eigenvalue weighted by Gasteiger charge is 2.12. The maximum atomic E-state index is 12.9. The quantitative estimate of drug-likeness (QED) is 0.471. The molecule has 0 heterocycles. The van der Waals surface area contributed by atoms with E-state index in [4.69, 9.17) is 0 Å². The van der Waals surface area contributed by atoms with Crippen LogP contribution in [0.5, 0.6) is 5.75 Å². The molecule has 14 heavy (non-hydrogen) atoms. The molecular formula is C7H5F2IO3S. The van der Waals surface area contributed by atoms with Crippen LogP contribution in [0.2, 0.25) is 0 Å². The zero-order valence-electron chi connectivity index (χ0n) is 6.92. The van der Waals surface area contributed by atoms with Crippen LogP contribution in [0.3, 0.4) is 0 Å². The smallest absolute Gasteiger partial charge is 0.306 e. The van der Waals surface area contributed by atoms with Crippen molar-refractivity contribution in [2.45, 2.75) is 0 Å². The van der Waals surface area contributed by atoms with Crippen molar-refractivity contribution in [1.82, 2.24) is 0 Å². The molecule has 0 spiro atoms. The lowest BCUT2D eigenvalue weighted by molar-refractivity contribution is 0.483. The molecule has 0 N–H and O–H groups in total. The lowest BCUT2D eigenvalue weighted by atomic mass is 10.3. The first kappa shape index (κ1) is 11.6. The van der Waals surface area contributed by atoms with Gasteiger partial charge in [-0.15, -0.1) is 0 Å². The molecule has 0 fully saturated rings. The molecule has 1 aromatic rings. The van der Waals surface area contributed by atoms with Gasteiger partial charge in [-0.3, -0.25) is 0 Å². The SMILES string of the molecule is CS(=O)(=O)Oc1cc(F)c(I)c(F)c1. The molecule has 7 heteroatoms. The zero-order valence-corrected chi connectivity index (χ0v) is 9.90. The van der Waals surface area contributed by atoms with Gasteiger partial charge in [0.15, 0.2) is 0 Å². The first-order chi connectivity index (χ1) is 6.29. The third-order valence-corrected chi connectivity index (χ3v) is 2.73. The molecule has 0 bridgehead atoms. The van der Waals surface area contributed by atoms with Crippen LogP contribution in [-0.2, 0) is 10.1 Å². The summed E-state index contributed by atoms with van der Waals surface area (Å²) in [6.45, 7) is 0. The van der Waals surface area contributed by atoms with Gasteiger partial charge in [-0.2, -0.15) is 8.42 Å². The number of hydrogen-bond acceptors (Lipinski definition) is 3. The second kappa shape index (κ2) is 3.97. The van der Waals surface area contributed by atoms with Gasteiger partial charge in [0.2, 0.25) is 0 Å². The van der Waals surface area contributed by atoms with E-state index in [0.29, 0.717) is 0 Å². The molecule has 0 saturated carbocycles. The van der Waals surface area contributed by atoms with Crippen LogP contribution in [0.1, 0.15) is 0 Å². The Morgan fingerprint density at radius 3 is 2.07 bits per heavy atom. The van der Waals surface area contributed by atoms with Crippen molar-refractivity contribution in [1.29, 1.82) is 0 Å². The number of hydrogen-bond donors (Lipinski definition) is 0. The molecule has 0 unspecified atom stereocenters. The summed E-state index contributed by atoms with van der Waals surface area (Å²) in [5, 5.41) is 0. The lowest BCUT2D eigenvalue weighted by Crippen LogP contribution is -2.06. The van der Waals surface area contributed by atoms with Gasteiger partial charge < -0.3 is 4.18 Å². The van der Waals surface area contributed by atoms with Crippen LogP contribution in [0.25, 0.3) is 0 Å². The molecule has 3 nitrogen and oxygen atoms in total. The molecule has 1 aromatic carbocycles. The molecule has 0 radical (unpaired) electrons. The summed E-state index contributed by atoms with van der Waals surface area (Å²) in [5.74, 6) is -2.09. The predicted molar refractivity (Wildman–Crippen MR) is 54.5 cm³/mol. The van der Waals surface area contributed by atoms with E-state index < -0.39 is 21.8 Å². The van der Waals surface area contributed by atoms with Gasteiger partial charge in [0.25, 0.3) is 0 Å². The van der Waals surface area contributed by atoms with E-state index >= 15 is 0 Å². The summed E-state index contributed by atoms with van der Waals surface area (Å²) >= 11 is 1.47. The monoisotopic (exact) mass is 334 g/mol. The first-order valence-corrected chi connectivity index (χ1v) is 6.23. The van der Waals surface area contributed by atoms with E-state index in [1.807, 2.05) is 0 Å². The van der Waals surface area contributed by atoms with Gasteiger partial charge in [-0.1, -0.05) is 0 Å². The summed E-state index contributed by atoms with van der Waals surface area (Å²) in [6, 6.07) is 1.62. The van der Waals surface area contributed by atoms with Crippen LogP contribution in [0.4, 0.5) is 8.78 Å². The molecule has 0 aliphatic heterocycles. The molecule has 0 aromatic heterocycles. The fourth-order valence-corrected chi connectivity index (χ4v) is 1.51. The third kappa shape index (κ3) is 3.05. The number of rotatable bonds is 2. The Hall–Kier alpha value is -0.440. The minimum atomic E-state index is -3.76. The topological polar surface area (TPSA) is 43.4 Å². The summed E-state index contributed by atoms with van der Waals surface area (Å²) in [4.78, 5) is 0. The van der Waals surface area contributed by atoms with E-state index in [9.17, 15) is 17.2 Å². The number of halogens is 3. The summed E-state index contributed by atoms with van der Waals surface area (Å²) in [5.41, 5.74) is 0. The van der Waals surface area contributed by atoms with Crippen molar-refractivity contribution in [3.8, 4) is 5.75 Å². The van der Waals surface area contributed by atoms with Crippen molar-refractivity contribution in [3.63, 3.8) is 0 Å². The molecule has 1 rings (SSSR count). The Labute approximate surface area is 93.3 Å². The van der Waals surface area contributed by atoms with Crippen molar-refractivity contribution in [2.75, 3.05) is 6.26 Å². The number of benzene rings is 1. The van der Waals surface area contributed by atoms with E-state index in [-0.39, 0.29) is 9.32 Å². The Morgan fingerprint density at radius 2 is 1.71 bits per heavy atom. The van der Waals surface area contributed by atoms with Gasteiger partial charge >= 0.3 is 10.1 Å². The fourth-order valence-electron chi connectivity index (χ4n) is 0.755. The van der Waals surface area contributed by atoms with Crippen molar-refractivity contribution in [2.24, 2.45) is 0 Å². The molecule has 78 valence electrons. The Kier molecular flexibility index (Phi) is 3.30. The third-order valence-electron chi connectivity index (χ3n) is 1.20. The van der Waals surface area contributed by atoms with Crippen LogP contribution in [-0.4, -0.2) is 14.7 Å². The molecule has 0 amide bonds. The van der Waals surface area contributed by atoms with Crippen molar-refractivity contribution in [3.05, 3.63) is 27.3 Å². The molecule has 0 aliphatic carbocycles. The minimum absolute atomic E-state index is 0.205. The van der Waals surface area contributed by atoms with Crippen LogP contribution in [0.15, 0.2) is 12.1 Å². The van der Waals surface area contributed by atoms with Crippen LogP contribution < -0.4 is 4.18 Å². The van der Waals surface area contributed by atoms with Crippen LogP contribution >= 0.6 is 22.6 Å². The average molecular weight is 334 g/mol. The van der Waals surface area contributed by atoms with Gasteiger partial charge in [-0.05, 0) is 22.6 Å². The standard InChI is InChI=1S/C7H5F2IO3S/c1-14(11,12)13-4-2-5(8)7(10)6(9)3-4/h2-3H,1H3. The van der Waals surface area contributed by atoms with E-state index in [1.165, 1.54) is 22.6 Å². The van der Waals surface area contributed by atoms with E-state index in [1.54, 1.807) is 0 Å². The molecule has 0 atom stereocenters. The Bertz CT molecular complexity index is 435. The molecule has 0 aliphatic rings. The first-order valence-electron chi connectivity index (χ1n) is 3.33. The zero-order chi connectivity index (χ0) is 10.9. The molecular weight excluding hydrogens is 329 g/mol.